The molecule has 1 fully saturated rings. The first kappa shape index (κ1) is 12.9. The summed E-state index contributed by atoms with van der Waals surface area (Å²) in [6, 6.07) is 5.31. The van der Waals surface area contributed by atoms with Gasteiger partial charge in [0.1, 0.15) is 17.7 Å². The Labute approximate surface area is 114 Å². The van der Waals surface area contributed by atoms with Gasteiger partial charge < -0.3 is 10.1 Å². The van der Waals surface area contributed by atoms with E-state index < -0.39 is 0 Å². The number of nitrogens with one attached hydrogen (secondary N) is 1. The number of hydrogen-bond acceptors (Lipinski definition) is 2. The van der Waals surface area contributed by atoms with Gasteiger partial charge in [-0.1, -0.05) is 27.7 Å². The van der Waals surface area contributed by atoms with Gasteiger partial charge in [-0.25, -0.2) is 4.39 Å². The first-order chi connectivity index (χ1) is 8.82. The lowest BCUT2D eigenvalue weighted by atomic mass is 10.0. The van der Waals surface area contributed by atoms with Crippen molar-refractivity contribution in [1.29, 1.82) is 0 Å². The number of benzene rings is 1. The maximum atomic E-state index is 13.1. The van der Waals surface area contributed by atoms with Gasteiger partial charge in [0.25, 0.3) is 0 Å². The summed E-state index contributed by atoms with van der Waals surface area (Å²) >= 11 is 0. The van der Waals surface area contributed by atoms with Crippen molar-refractivity contribution < 1.29 is 9.13 Å². The monoisotopic (exact) mass is 263 g/mol. The molecule has 0 aromatic heterocycles. The zero-order chi connectivity index (χ0) is 13.8. The fourth-order valence-electron chi connectivity index (χ4n) is 3.36. The average molecular weight is 263 g/mol. The van der Waals surface area contributed by atoms with E-state index in [0.29, 0.717) is 16.9 Å². The quantitative estimate of drug-likeness (QED) is 0.904. The molecule has 1 aliphatic heterocycles. The molecule has 2 aliphatic rings. The number of ether oxygens (including phenoxy) is 1. The third-order valence-corrected chi connectivity index (χ3v) is 5.33. The Morgan fingerprint density at radius 3 is 2.58 bits per heavy atom. The van der Waals surface area contributed by atoms with Crippen molar-refractivity contribution in [1.82, 2.24) is 5.32 Å². The van der Waals surface area contributed by atoms with Crippen molar-refractivity contribution >= 4 is 0 Å². The second-order valence-electron chi connectivity index (χ2n) is 6.98. The van der Waals surface area contributed by atoms with E-state index in [0.717, 1.165) is 24.3 Å². The number of fused-ring (bicyclic) bond motifs is 1. The Bertz CT molecular complexity index is 495. The molecule has 1 N–H and O–H groups in total. The lowest BCUT2D eigenvalue weighted by Gasteiger charge is -2.13. The lowest BCUT2D eigenvalue weighted by Crippen LogP contribution is -2.34. The highest BCUT2D eigenvalue weighted by molar-refractivity contribution is 5.38. The summed E-state index contributed by atoms with van der Waals surface area (Å²) in [4.78, 5) is 0. The Morgan fingerprint density at radius 1 is 1.26 bits per heavy atom. The normalized spacial score (nSPS) is 26.9. The SMILES string of the molecule is CC1(C)C(NCC2Cc3cc(F)ccc3O2)C1(C)C. The molecule has 0 spiro atoms. The largest absolute Gasteiger partial charge is 0.488 e. The van der Waals surface area contributed by atoms with Crippen LogP contribution >= 0.6 is 0 Å². The lowest BCUT2D eigenvalue weighted by molar-refractivity contribution is 0.224. The van der Waals surface area contributed by atoms with Gasteiger partial charge in [0.2, 0.25) is 0 Å². The van der Waals surface area contributed by atoms with E-state index in [2.05, 4.69) is 33.0 Å². The van der Waals surface area contributed by atoms with Gasteiger partial charge in [0.05, 0.1) is 0 Å². The Hall–Kier alpha value is -1.09. The van der Waals surface area contributed by atoms with Crippen LogP contribution in [0.4, 0.5) is 4.39 Å². The third kappa shape index (κ3) is 1.95. The van der Waals surface area contributed by atoms with Crippen molar-refractivity contribution in [2.45, 2.75) is 46.3 Å². The highest BCUT2D eigenvalue weighted by Gasteiger charge is 2.64. The van der Waals surface area contributed by atoms with Crippen LogP contribution < -0.4 is 10.1 Å². The summed E-state index contributed by atoms with van der Waals surface area (Å²) in [5, 5.41) is 3.61. The Balaban J connectivity index is 1.58. The summed E-state index contributed by atoms with van der Waals surface area (Å²) in [6.45, 7) is 10.0. The molecule has 3 heteroatoms. The number of rotatable bonds is 3. The van der Waals surface area contributed by atoms with Gasteiger partial charge in [0, 0.05) is 24.6 Å². The molecule has 0 saturated heterocycles. The summed E-state index contributed by atoms with van der Waals surface area (Å²) in [7, 11) is 0. The van der Waals surface area contributed by atoms with Gasteiger partial charge in [-0.3, -0.25) is 0 Å². The topological polar surface area (TPSA) is 21.3 Å². The zero-order valence-corrected chi connectivity index (χ0v) is 12.1. The van der Waals surface area contributed by atoms with Crippen LogP contribution in [-0.4, -0.2) is 18.7 Å². The molecule has 1 aromatic rings. The smallest absolute Gasteiger partial charge is 0.123 e. The van der Waals surface area contributed by atoms with Crippen molar-refractivity contribution in [3.05, 3.63) is 29.6 Å². The standard InChI is InChI=1S/C16H22FNO/c1-15(2)14(16(15,3)4)18-9-12-8-10-7-11(17)5-6-13(10)19-12/h5-7,12,14,18H,8-9H2,1-4H3. The van der Waals surface area contributed by atoms with E-state index in [1.807, 2.05) is 0 Å². The fourth-order valence-corrected chi connectivity index (χ4v) is 3.36. The molecular formula is C16H22FNO. The fraction of sp³-hybridized carbons (Fsp3) is 0.625. The maximum absolute atomic E-state index is 13.1. The van der Waals surface area contributed by atoms with Crippen LogP contribution in [0.2, 0.25) is 0 Å². The minimum Gasteiger partial charge on any atom is -0.488 e. The van der Waals surface area contributed by atoms with Gasteiger partial charge in [-0.15, -0.1) is 0 Å². The summed E-state index contributed by atoms with van der Waals surface area (Å²) in [6.07, 6.45) is 0.928. The van der Waals surface area contributed by atoms with Crippen LogP contribution in [0.1, 0.15) is 33.3 Å². The highest BCUT2D eigenvalue weighted by Crippen LogP contribution is 2.62. The van der Waals surface area contributed by atoms with Crippen LogP contribution in [0.3, 0.4) is 0 Å². The molecule has 1 atom stereocenters. The van der Waals surface area contributed by atoms with Crippen LogP contribution in [0.25, 0.3) is 0 Å². The van der Waals surface area contributed by atoms with E-state index in [1.54, 1.807) is 12.1 Å². The Kier molecular flexibility index (Phi) is 2.69. The van der Waals surface area contributed by atoms with E-state index in [-0.39, 0.29) is 11.9 Å². The average Bonchev–Trinajstić information content (AvgIpc) is 2.63. The molecule has 1 aromatic carbocycles. The summed E-state index contributed by atoms with van der Waals surface area (Å²) in [5.74, 6) is 0.655. The van der Waals surface area contributed by atoms with Gasteiger partial charge in [-0.05, 0) is 29.0 Å². The molecule has 0 radical (unpaired) electrons. The van der Waals surface area contributed by atoms with E-state index in [9.17, 15) is 4.39 Å². The van der Waals surface area contributed by atoms with Gasteiger partial charge in [-0.2, -0.15) is 0 Å². The number of halogens is 1. The van der Waals surface area contributed by atoms with Crippen LogP contribution in [-0.2, 0) is 6.42 Å². The third-order valence-electron chi connectivity index (χ3n) is 5.33. The van der Waals surface area contributed by atoms with Crippen molar-refractivity contribution in [3.8, 4) is 5.75 Å². The number of hydrogen-bond donors (Lipinski definition) is 1. The molecule has 104 valence electrons. The van der Waals surface area contributed by atoms with E-state index in [1.165, 1.54) is 6.07 Å². The molecule has 0 bridgehead atoms. The molecule has 3 rings (SSSR count). The minimum absolute atomic E-state index is 0.129. The van der Waals surface area contributed by atoms with Gasteiger partial charge in [0.15, 0.2) is 0 Å². The zero-order valence-electron chi connectivity index (χ0n) is 12.1. The van der Waals surface area contributed by atoms with Crippen molar-refractivity contribution in [2.24, 2.45) is 10.8 Å². The summed E-state index contributed by atoms with van der Waals surface area (Å²) < 4.78 is 19.0. The van der Waals surface area contributed by atoms with E-state index >= 15 is 0 Å². The molecule has 1 unspecified atom stereocenters. The van der Waals surface area contributed by atoms with E-state index in [4.69, 9.17) is 4.74 Å². The first-order valence-electron chi connectivity index (χ1n) is 7.01. The van der Waals surface area contributed by atoms with Crippen molar-refractivity contribution in [3.63, 3.8) is 0 Å². The molecule has 1 aliphatic carbocycles. The second-order valence-corrected chi connectivity index (χ2v) is 6.98. The van der Waals surface area contributed by atoms with Crippen LogP contribution in [0.15, 0.2) is 18.2 Å². The molecule has 1 heterocycles. The van der Waals surface area contributed by atoms with Crippen LogP contribution in [0, 0.1) is 16.6 Å². The highest BCUT2D eigenvalue weighted by atomic mass is 19.1. The molecular weight excluding hydrogens is 241 g/mol. The molecule has 1 saturated carbocycles. The predicted octanol–water partition coefficient (Wildman–Crippen LogP) is 3.15. The van der Waals surface area contributed by atoms with Crippen molar-refractivity contribution in [2.75, 3.05) is 6.54 Å². The molecule has 2 nitrogen and oxygen atoms in total. The molecule has 19 heavy (non-hydrogen) atoms. The summed E-state index contributed by atoms with van der Waals surface area (Å²) in [5.41, 5.74) is 1.66. The molecule has 0 amide bonds. The van der Waals surface area contributed by atoms with Crippen LogP contribution in [0.5, 0.6) is 5.75 Å². The van der Waals surface area contributed by atoms with Gasteiger partial charge >= 0.3 is 0 Å². The maximum Gasteiger partial charge on any atom is 0.123 e. The second kappa shape index (κ2) is 3.95. The first-order valence-corrected chi connectivity index (χ1v) is 7.01. The Morgan fingerprint density at radius 2 is 1.95 bits per heavy atom. The minimum atomic E-state index is -0.180. The predicted molar refractivity (Wildman–Crippen MR) is 73.9 cm³/mol.